The zero-order valence-corrected chi connectivity index (χ0v) is 13.0. The number of hydrogen-bond donors (Lipinski definition) is 2. The maximum atomic E-state index is 12.1. The summed E-state index contributed by atoms with van der Waals surface area (Å²) < 4.78 is 0. The number of carboxylic acid groups (broad SMARTS) is 1. The lowest BCUT2D eigenvalue weighted by molar-refractivity contribution is -0.139. The molecule has 0 saturated carbocycles. The van der Waals surface area contributed by atoms with E-state index < -0.39 is 11.5 Å². The highest BCUT2D eigenvalue weighted by atomic mass is 16.4. The average Bonchev–Trinajstić information content (AvgIpc) is 2.34. The minimum Gasteiger partial charge on any atom is -0.481 e. The van der Waals surface area contributed by atoms with E-state index in [0.29, 0.717) is 31.1 Å². The van der Waals surface area contributed by atoms with Crippen LogP contribution in [-0.2, 0) is 9.59 Å². The summed E-state index contributed by atoms with van der Waals surface area (Å²) in [4.78, 5) is 23.1. The van der Waals surface area contributed by atoms with Gasteiger partial charge in [-0.15, -0.1) is 0 Å². The first kappa shape index (κ1) is 17.9. The number of carbonyl (C=O) groups is 2. The van der Waals surface area contributed by atoms with Gasteiger partial charge in [0, 0.05) is 12.0 Å². The van der Waals surface area contributed by atoms with E-state index in [9.17, 15) is 9.59 Å². The zero-order chi connectivity index (χ0) is 15.1. The second-order valence-electron chi connectivity index (χ2n) is 5.72. The lowest BCUT2D eigenvalue weighted by Gasteiger charge is -2.32. The smallest absolute Gasteiger partial charge is 0.305 e. The van der Waals surface area contributed by atoms with Gasteiger partial charge in [0.05, 0.1) is 6.42 Å². The topological polar surface area (TPSA) is 66.4 Å². The van der Waals surface area contributed by atoms with E-state index in [1.807, 2.05) is 13.8 Å². The van der Waals surface area contributed by atoms with Crippen LogP contribution in [0.2, 0.25) is 0 Å². The molecule has 0 rings (SSSR count). The van der Waals surface area contributed by atoms with Crippen LogP contribution < -0.4 is 5.32 Å². The van der Waals surface area contributed by atoms with E-state index in [1.54, 1.807) is 0 Å². The van der Waals surface area contributed by atoms with E-state index in [0.717, 1.165) is 6.42 Å². The van der Waals surface area contributed by atoms with Gasteiger partial charge in [0.25, 0.3) is 0 Å². The molecule has 0 heterocycles. The average molecular weight is 271 g/mol. The van der Waals surface area contributed by atoms with Crippen LogP contribution in [0.5, 0.6) is 0 Å². The molecule has 0 aliphatic heterocycles. The Morgan fingerprint density at radius 2 is 1.68 bits per heavy atom. The summed E-state index contributed by atoms with van der Waals surface area (Å²) in [5.74, 6) is -0.0606. The van der Waals surface area contributed by atoms with Crippen LogP contribution in [0.1, 0.15) is 66.7 Å². The van der Waals surface area contributed by atoms with Gasteiger partial charge in [-0.3, -0.25) is 9.59 Å². The van der Waals surface area contributed by atoms with Crippen molar-refractivity contribution in [3.8, 4) is 0 Å². The fraction of sp³-hybridized carbons (Fsp3) is 0.867. The highest BCUT2D eigenvalue weighted by Crippen LogP contribution is 2.23. The first-order chi connectivity index (χ1) is 8.80. The summed E-state index contributed by atoms with van der Waals surface area (Å²) in [6.07, 6.45) is 2.72. The molecule has 1 amide bonds. The fourth-order valence-corrected chi connectivity index (χ4v) is 2.45. The second kappa shape index (κ2) is 8.18. The second-order valence-corrected chi connectivity index (χ2v) is 5.72. The molecule has 0 aliphatic rings. The minimum absolute atomic E-state index is 0.00971. The van der Waals surface area contributed by atoms with Crippen molar-refractivity contribution in [3.05, 3.63) is 0 Å². The molecule has 4 nitrogen and oxygen atoms in total. The van der Waals surface area contributed by atoms with Crippen LogP contribution in [0.15, 0.2) is 0 Å². The molecular formula is C15H29NO3. The molecule has 4 heteroatoms. The molecule has 0 saturated heterocycles. The Morgan fingerprint density at radius 1 is 1.16 bits per heavy atom. The quantitative estimate of drug-likeness (QED) is 0.676. The van der Waals surface area contributed by atoms with E-state index in [1.165, 1.54) is 0 Å². The molecule has 0 aromatic carbocycles. The van der Waals surface area contributed by atoms with Gasteiger partial charge >= 0.3 is 5.97 Å². The molecule has 1 unspecified atom stereocenters. The molecular weight excluding hydrogens is 242 g/mol. The summed E-state index contributed by atoms with van der Waals surface area (Å²) in [6, 6.07) is 0. The fourth-order valence-electron chi connectivity index (χ4n) is 2.45. The molecule has 19 heavy (non-hydrogen) atoms. The molecule has 0 radical (unpaired) electrons. The summed E-state index contributed by atoms with van der Waals surface area (Å²) in [5, 5.41) is 12.0. The minimum atomic E-state index is -0.861. The third-order valence-electron chi connectivity index (χ3n) is 4.16. The standard InChI is InChI=1S/C15H29NO3/c1-6-12(11(4)5)9-13(17)16-15(7-2,8-3)10-14(18)19/h11-12H,6-10H2,1-5H3,(H,16,17)(H,18,19). The maximum Gasteiger partial charge on any atom is 0.305 e. The van der Waals surface area contributed by atoms with Crippen LogP contribution in [0.4, 0.5) is 0 Å². The van der Waals surface area contributed by atoms with E-state index in [-0.39, 0.29) is 12.3 Å². The Morgan fingerprint density at radius 3 is 2.00 bits per heavy atom. The number of aliphatic carboxylic acids is 1. The van der Waals surface area contributed by atoms with Gasteiger partial charge in [0.1, 0.15) is 0 Å². The van der Waals surface area contributed by atoms with Crippen molar-refractivity contribution < 1.29 is 14.7 Å². The zero-order valence-electron chi connectivity index (χ0n) is 13.0. The van der Waals surface area contributed by atoms with Gasteiger partial charge in [-0.2, -0.15) is 0 Å². The Hall–Kier alpha value is -1.06. The first-order valence-corrected chi connectivity index (χ1v) is 7.33. The Kier molecular flexibility index (Phi) is 7.72. The third kappa shape index (κ3) is 6.08. The van der Waals surface area contributed by atoms with Gasteiger partial charge in [-0.25, -0.2) is 0 Å². The van der Waals surface area contributed by atoms with Crippen LogP contribution in [0.3, 0.4) is 0 Å². The maximum absolute atomic E-state index is 12.1. The van der Waals surface area contributed by atoms with E-state index in [4.69, 9.17) is 5.11 Å². The number of nitrogens with one attached hydrogen (secondary N) is 1. The monoisotopic (exact) mass is 271 g/mol. The lowest BCUT2D eigenvalue weighted by atomic mass is 9.86. The lowest BCUT2D eigenvalue weighted by Crippen LogP contribution is -2.49. The number of carbonyl (C=O) groups excluding carboxylic acids is 1. The van der Waals surface area contributed by atoms with Crippen LogP contribution in [0.25, 0.3) is 0 Å². The number of rotatable bonds is 9. The molecule has 0 aliphatic carbocycles. The summed E-state index contributed by atoms with van der Waals surface area (Å²) in [7, 11) is 0. The Labute approximate surface area is 117 Å². The molecule has 0 spiro atoms. The predicted molar refractivity (Wildman–Crippen MR) is 76.9 cm³/mol. The summed E-state index contributed by atoms with van der Waals surface area (Å²) >= 11 is 0. The van der Waals surface area contributed by atoms with Crippen molar-refractivity contribution >= 4 is 11.9 Å². The number of hydrogen-bond acceptors (Lipinski definition) is 2. The molecule has 0 bridgehead atoms. The third-order valence-corrected chi connectivity index (χ3v) is 4.16. The number of carboxylic acids is 1. The van der Waals surface area contributed by atoms with Crippen molar-refractivity contribution in [2.24, 2.45) is 11.8 Å². The molecule has 112 valence electrons. The summed E-state index contributed by atoms with van der Waals surface area (Å²) in [5.41, 5.74) is -0.599. The Balaban J connectivity index is 4.67. The predicted octanol–water partition coefficient (Wildman–Crippen LogP) is 3.21. The summed E-state index contributed by atoms with van der Waals surface area (Å²) in [6.45, 7) is 10.2. The molecule has 0 fully saturated rings. The van der Waals surface area contributed by atoms with Crippen molar-refractivity contribution in [1.29, 1.82) is 0 Å². The van der Waals surface area contributed by atoms with Gasteiger partial charge in [-0.1, -0.05) is 41.0 Å². The van der Waals surface area contributed by atoms with Crippen LogP contribution >= 0.6 is 0 Å². The number of amides is 1. The van der Waals surface area contributed by atoms with Gasteiger partial charge in [0.2, 0.25) is 5.91 Å². The highest BCUT2D eigenvalue weighted by molar-refractivity contribution is 5.78. The van der Waals surface area contributed by atoms with Crippen LogP contribution in [-0.4, -0.2) is 22.5 Å². The van der Waals surface area contributed by atoms with Crippen molar-refractivity contribution in [2.45, 2.75) is 72.3 Å². The van der Waals surface area contributed by atoms with Crippen molar-refractivity contribution in [3.63, 3.8) is 0 Å². The SMILES string of the molecule is CCC(CC(=O)NC(CC)(CC)CC(=O)O)C(C)C. The first-order valence-electron chi connectivity index (χ1n) is 7.33. The molecule has 0 aromatic heterocycles. The van der Waals surface area contributed by atoms with E-state index in [2.05, 4.69) is 26.1 Å². The molecule has 1 atom stereocenters. The largest absolute Gasteiger partial charge is 0.481 e. The van der Waals surface area contributed by atoms with Crippen LogP contribution in [0, 0.1) is 11.8 Å². The van der Waals surface area contributed by atoms with Crippen molar-refractivity contribution in [2.75, 3.05) is 0 Å². The van der Waals surface area contributed by atoms with Gasteiger partial charge in [-0.05, 0) is 24.7 Å². The van der Waals surface area contributed by atoms with Gasteiger partial charge < -0.3 is 10.4 Å². The molecule has 2 N–H and O–H groups in total. The highest BCUT2D eigenvalue weighted by Gasteiger charge is 2.31. The van der Waals surface area contributed by atoms with Crippen molar-refractivity contribution in [1.82, 2.24) is 5.32 Å². The van der Waals surface area contributed by atoms with E-state index >= 15 is 0 Å². The Bertz CT molecular complexity index is 296. The molecule has 0 aromatic rings. The normalized spacial score (nSPS) is 13.4. The van der Waals surface area contributed by atoms with Gasteiger partial charge in [0.15, 0.2) is 0 Å².